The summed E-state index contributed by atoms with van der Waals surface area (Å²) in [6.45, 7) is 1.23. The SMILES string of the molecule is CC(=O)C1=CC(=O)c2c(O)cccc2C1=O. The summed E-state index contributed by atoms with van der Waals surface area (Å²) >= 11 is 0. The minimum atomic E-state index is -0.516. The molecule has 80 valence electrons. The zero-order valence-electron chi connectivity index (χ0n) is 8.48. The average Bonchev–Trinajstić information content (AvgIpc) is 2.22. The molecule has 1 aromatic carbocycles. The molecule has 4 nitrogen and oxygen atoms in total. The largest absolute Gasteiger partial charge is 0.507 e. The zero-order valence-corrected chi connectivity index (χ0v) is 8.48. The molecule has 2 rings (SSSR count). The highest BCUT2D eigenvalue weighted by atomic mass is 16.3. The molecule has 0 aliphatic heterocycles. The van der Waals surface area contributed by atoms with Crippen LogP contribution in [0.4, 0.5) is 0 Å². The first-order valence-corrected chi connectivity index (χ1v) is 4.66. The van der Waals surface area contributed by atoms with Crippen molar-refractivity contribution in [1.82, 2.24) is 0 Å². The van der Waals surface area contributed by atoms with Gasteiger partial charge in [0.15, 0.2) is 17.3 Å². The van der Waals surface area contributed by atoms with Crippen LogP contribution in [0.25, 0.3) is 0 Å². The number of phenols is 1. The van der Waals surface area contributed by atoms with E-state index in [-0.39, 0.29) is 22.4 Å². The summed E-state index contributed by atoms with van der Waals surface area (Å²) in [6, 6.07) is 4.21. The van der Waals surface area contributed by atoms with Gasteiger partial charge in [0.1, 0.15) is 5.75 Å². The maximum Gasteiger partial charge on any atom is 0.197 e. The lowest BCUT2D eigenvalue weighted by atomic mass is 9.87. The van der Waals surface area contributed by atoms with Gasteiger partial charge < -0.3 is 5.11 Å². The van der Waals surface area contributed by atoms with Crippen LogP contribution in [0.2, 0.25) is 0 Å². The Labute approximate surface area is 91.2 Å². The zero-order chi connectivity index (χ0) is 11.9. The van der Waals surface area contributed by atoms with Gasteiger partial charge in [0.05, 0.1) is 11.1 Å². The van der Waals surface area contributed by atoms with Crippen LogP contribution in [-0.2, 0) is 4.79 Å². The van der Waals surface area contributed by atoms with E-state index in [0.29, 0.717) is 0 Å². The van der Waals surface area contributed by atoms with Gasteiger partial charge in [0, 0.05) is 11.6 Å². The first-order chi connectivity index (χ1) is 7.52. The van der Waals surface area contributed by atoms with Crippen molar-refractivity contribution < 1.29 is 19.5 Å². The maximum absolute atomic E-state index is 11.8. The molecular formula is C12H8O4. The fourth-order valence-electron chi connectivity index (χ4n) is 1.66. The van der Waals surface area contributed by atoms with Gasteiger partial charge in [-0.1, -0.05) is 12.1 Å². The number of aromatic hydroxyl groups is 1. The van der Waals surface area contributed by atoms with Crippen LogP contribution in [0.1, 0.15) is 27.6 Å². The molecule has 0 spiro atoms. The van der Waals surface area contributed by atoms with Gasteiger partial charge >= 0.3 is 0 Å². The molecule has 1 N–H and O–H groups in total. The Morgan fingerprint density at radius 3 is 2.56 bits per heavy atom. The third-order valence-electron chi connectivity index (χ3n) is 2.43. The highest BCUT2D eigenvalue weighted by Crippen LogP contribution is 2.28. The molecule has 0 radical (unpaired) electrons. The number of phenolic OH excluding ortho intramolecular Hbond substituents is 1. The van der Waals surface area contributed by atoms with Crippen LogP contribution in [0, 0.1) is 0 Å². The van der Waals surface area contributed by atoms with E-state index in [1.165, 1.54) is 25.1 Å². The Kier molecular flexibility index (Phi) is 2.20. The number of benzene rings is 1. The third-order valence-corrected chi connectivity index (χ3v) is 2.43. The van der Waals surface area contributed by atoms with E-state index < -0.39 is 17.3 Å². The summed E-state index contributed by atoms with van der Waals surface area (Å²) in [5.74, 6) is -1.72. The van der Waals surface area contributed by atoms with E-state index in [1.807, 2.05) is 0 Å². The lowest BCUT2D eigenvalue weighted by Gasteiger charge is -2.13. The fourth-order valence-corrected chi connectivity index (χ4v) is 1.66. The van der Waals surface area contributed by atoms with Crippen molar-refractivity contribution in [2.75, 3.05) is 0 Å². The van der Waals surface area contributed by atoms with Crippen LogP contribution >= 0.6 is 0 Å². The van der Waals surface area contributed by atoms with Gasteiger partial charge in [-0.25, -0.2) is 0 Å². The van der Waals surface area contributed by atoms with Crippen LogP contribution in [0.5, 0.6) is 5.75 Å². The Morgan fingerprint density at radius 1 is 1.25 bits per heavy atom. The second kappa shape index (κ2) is 3.41. The molecule has 1 aliphatic carbocycles. The van der Waals surface area contributed by atoms with Gasteiger partial charge in [-0.2, -0.15) is 0 Å². The molecule has 0 saturated carbocycles. The summed E-state index contributed by atoms with van der Waals surface area (Å²) in [7, 11) is 0. The van der Waals surface area contributed by atoms with E-state index in [0.717, 1.165) is 6.08 Å². The Hall–Kier alpha value is -2.23. The van der Waals surface area contributed by atoms with Gasteiger partial charge in [-0.15, -0.1) is 0 Å². The topological polar surface area (TPSA) is 71.4 Å². The predicted octanol–water partition coefficient (Wildman–Crippen LogP) is 1.29. The molecule has 0 fully saturated rings. The molecule has 0 atom stereocenters. The Balaban J connectivity index is 2.69. The van der Waals surface area contributed by atoms with E-state index in [9.17, 15) is 19.5 Å². The van der Waals surface area contributed by atoms with E-state index in [4.69, 9.17) is 0 Å². The van der Waals surface area contributed by atoms with Crippen LogP contribution < -0.4 is 0 Å². The van der Waals surface area contributed by atoms with Crippen molar-refractivity contribution in [2.45, 2.75) is 6.92 Å². The molecule has 1 aromatic rings. The lowest BCUT2D eigenvalue weighted by Crippen LogP contribution is -2.20. The average molecular weight is 216 g/mol. The van der Waals surface area contributed by atoms with Crippen LogP contribution in [0.15, 0.2) is 29.8 Å². The number of rotatable bonds is 1. The van der Waals surface area contributed by atoms with Gasteiger partial charge in [-0.3, -0.25) is 14.4 Å². The summed E-state index contributed by atoms with van der Waals surface area (Å²) in [6.07, 6.45) is 0.979. The van der Waals surface area contributed by atoms with Crippen LogP contribution in [0.3, 0.4) is 0 Å². The molecule has 0 unspecified atom stereocenters. The molecule has 0 bridgehead atoms. The Bertz CT molecular complexity index is 552. The number of carbonyl (C=O) groups excluding carboxylic acids is 3. The van der Waals surface area contributed by atoms with Gasteiger partial charge in [-0.05, 0) is 13.0 Å². The second-order valence-electron chi connectivity index (χ2n) is 3.51. The maximum atomic E-state index is 11.8. The fraction of sp³-hybridized carbons (Fsp3) is 0.0833. The highest BCUT2D eigenvalue weighted by molar-refractivity contribution is 6.35. The number of carbonyl (C=O) groups is 3. The molecule has 0 amide bonds. The summed E-state index contributed by atoms with van der Waals surface area (Å²) in [4.78, 5) is 34.6. The minimum Gasteiger partial charge on any atom is -0.507 e. The second-order valence-corrected chi connectivity index (χ2v) is 3.51. The quantitative estimate of drug-likeness (QED) is 0.718. The van der Waals surface area contributed by atoms with Crippen molar-refractivity contribution >= 4 is 17.3 Å². The monoisotopic (exact) mass is 216 g/mol. The van der Waals surface area contributed by atoms with Crippen LogP contribution in [-0.4, -0.2) is 22.5 Å². The van der Waals surface area contributed by atoms with Gasteiger partial charge in [0.2, 0.25) is 0 Å². The molecule has 0 saturated heterocycles. The molecule has 0 heterocycles. The number of fused-ring (bicyclic) bond motifs is 1. The summed E-state index contributed by atoms with van der Waals surface area (Å²) in [5, 5.41) is 9.48. The van der Waals surface area contributed by atoms with Gasteiger partial charge in [0.25, 0.3) is 0 Å². The lowest BCUT2D eigenvalue weighted by molar-refractivity contribution is -0.113. The molecule has 16 heavy (non-hydrogen) atoms. The highest BCUT2D eigenvalue weighted by Gasteiger charge is 2.29. The number of hydrogen-bond donors (Lipinski definition) is 1. The minimum absolute atomic E-state index is 0.0301. The number of Topliss-reactive ketones (excluding diaryl/α,β-unsaturated/α-hetero) is 2. The smallest absolute Gasteiger partial charge is 0.197 e. The van der Waals surface area contributed by atoms with Crippen molar-refractivity contribution in [3.63, 3.8) is 0 Å². The molecular weight excluding hydrogens is 208 g/mol. The van der Waals surface area contributed by atoms with Crippen molar-refractivity contribution in [1.29, 1.82) is 0 Å². The summed E-state index contributed by atoms with van der Waals surface area (Å²) < 4.78 is 0. The first kappa shape index (κ1) is 10.3. The predicted molar refractivity (Wildman–Crippen MR) is 55.5 cm³/mol. The van der Waals surface area contributed by atoms with E-state index >= 15 is 0 Å². The normalized spacial score (nSPS) is 14.4. The number of hydrogen-bond acceptors (Lipinski definition) is 4. The standard InChI is InChI=1S/C12H8O4/c1-6(13)8-5-10(15)11-7(12(8)16)3-2-4-9(11)14/h2-5,14H,1H3. The first-order valence-electron chi connectivity index (χ1n) is 4.66. The third kappa shape index (κ3) is 1.35. The Morgan fingerprint density at radius 2 is 1.94 bits per heavy atom. The molecule has 0 aromatic heterocycles. The van der Waals surface area contributed by atoms with Crippen molar-refractivity contribution in [3.05, 3.63) is 41.0 Å². The van der Waals surface area contributed by atoms with E-state index in [1.54, 1.807) is 0 Å². The number of ketones is 3. The van der Waals surface area contributed by atoms with Crippen molar-refractivity contribution in [3.8, 4) is 5.75 Å². The summed E-state index contributed by atoms with van der Waals surface area (Å²) in [5.41, 5.74) is -0.0849. The molecule has 4 heteroatoms. The molecule has 1 aliphatic rings. The number of allylic oxidation sites excluding steroid dienone is 2. The van der Waals surface area contributed by atoms with Crippen molar-refractivity contribution in [2.24, 2.45) is 0 Å². The van der Waals surface area contributed by atoms with E-state index in [2.05, 4.69) is 0 Å².